The molecule has 1 aromatic carbocycles. The van der Waals surface area contributed by atoms with Crippen molar-refractivity contribution in [3.8, 4) is 0 Å². The standard InChI is InChI=1S/C13H20ClFN2O2S/c1-4-5-13(2,3)17-20(18,19)11-7-10(14)6-9(8-16)12(11)15/h6-7,17H,4-5,8,16H2,1-3H3. The maximum atomic E-state index is 14.2. The smallest absolute Gasteiger partial charge is 0.244 e. The number of hydrogen-bond acceptors (Lipinski definition) is 3. The lowest BCUT2D eigenvalue weighted by atomic mass is 10.0. The molecule has 0 spiro atoms. The molecule has 0 amide bonds. The first kappa shape index (κ1) is 17.4. The minimum atomic E-state index is -3.99. The summed E-state index contributed by atoms with van der Waals surface area (Å²) in [6.45, 7) is 5.33. The van der Waals surface area contributed by atoms with Crippen LogP contribution >= 0.6 is 11.6 Å². The third-order valence-corrected chi connectivity index (χ3v) is 4.79. The summed E-state index contributed by atoms with van der Waals surface area (Å²) >= 11 is 5.82. The van der Waals surface area contributed by atoms with Crippen molar-refractivity contribution in [2.45, 2.75) is 50.6 Å². The summed E-state index contributed by atoms with van der Waals surface area (Å²) in [5, 5.41) is 0.139. The highest BCUT2D eigenvalue weighted by Gasteiger charge is 2.28. The summed E-state index contributed by atoms with van der Waals surface area (Å²) in [6.07, 6.45) is 1.44. The Kier molecular flexibility index (Phi) is 5.54. The zero-order valence-corrected chi connectivity index (χ0v) is 13.4. The summed E-state index contributed by atoms with van der Waals surface area (Å²) in [6, 6.07) is 2.42. The molecular weight excluding hydrogens is 303 g/mol. The predicted octanol–water partition coefficient (Wildman–Crippen LogP) is 2.79. The molecule has 20 heavy (non-hydrogen) atoms. The third kappa shape index (κ3) is 4.15. The molecule has 0 heterocycles. The summed E-state index contributed by atoms with van der Waals surface area (Å²) in [5.41, 5.74) is 4.81. The monoisotopic (exact) mass is 322 g/mol. The molecule has 1 rings (SSSR count). The topological polar surface area (TPSA) is 72.2 Å². The average Bonchev–Trinajstić information content (AvgIpc) is 2.29. The normalized spacial score (nSPS) is 12.7. The van der Waals surface area contributed by atoms with E-state index in [4.69, 9.17) is 17.3 Å². The molecule has 0 fully saturated rings. The molecule has 1 aromatic rings. The van der Waals surface area contributed by atoms with Crippen LogP contribution in [0.5, 0.6) is 0 Å². The number of hydrogen-bond donors (Lipinski definition) is 2. The van der Waals surface area contributed by atoms with Gasteiger partial charge in [0.05, 0.1) is 0 Å². The highest BCUT2D eigenvalue weighted by atomic mass is 35.5. The number of sulfonamides is 1. The average molecular weight is 323 g/mol. The van der Waals surface area contributed by atoms with Crippen LogP contribution in [0.25, 0.3) is 0 Å². The van der Waals surface area contributed by atoms with Gasteiger partial charge in [0.1, 0.15) is 10.7 Å². The van der Waals surface area contributed by atoms with Crippen molar-refractivity contribution in [2.24, 2.45) is 5.73 Å². The van der Waals surface area contributed by atoms with E-state index in [9.17, 15) is 12.8 Å². The number of halogens is 2. The van der Waals surface area contributed by atoms with Gasteiger partial charge in [-0.15, -0.1) is 0 Å². The first-order valence-corrected chi connectivity index (χ1v) is 8.21. The molecule has 0 aliphatic rings. The van der Waals surface area contributed by atoms with Crippen LogP contribution in [0.3, 0.4) is 0 Å². The SMILES string of the molecule is CCCC(C)(C)NS(=O)(=O)c1cc(Cl)cc(CN)c1F. The summed E-state index contributed by atoms with van der Waals surface area (Å²) < 4.78 is 41.3. The second kappa shape index (κ2) is 6.39. The Morgan fingerprint density at radius 2 is 2.00 bits per heavy atom. The van der Waals surface area contributed by atoms with E-state index >= 15 is 0 Å². The van der Waals surface area contributed by atoms with E-state index in [1.807, 2.05) is 6.92 Å². The maximum Gasteiger partial charge on any atom is 0.244 e. The van der Waals surface area contributed by atoms with Gasteiger partial charge in [-0.25, -0.2) is 17.5 Å². The number of nitrogens with one attached hydrogen (secondary N) is 1. The van der Waals surface area contributed by atoms with Gasteiger partial charge in [-0.2, -0.15) is 0 Å². The lowest BCUT2D eigenvalue weighted by Crippen LogP contribution is -2.43. The molecular formula is C13H20ClFN2O2S. The molecule has 0 aliphatic carbocycles. The molecule has 0 saturated carbocycles. The maximum absolute atomic E-state index is 14.2. The van der Waals surface area contributed by atoms with Gasteiger partial charge in [0, 0.05) is 22.7 Å². The summed E-state index contributed by atoms with van der Waals surface area (Å²) in [4.78, 5) is -0.463. The fourth-order valence-corrected chi connectivity index (χ4v) is 3.95. The van der Waals surface area contributed by atoms with E-state index in [0.717, 1.165) is 12.5 Å². The largest absolute Gasteiger partial charge is 0.326 e. The Morgan fingerprint density at radius 1 is 1.40 bits per heavy atom. The fraction of sp³-hybridized carbons (Fsp3) is 0.538. The molecule has 0 atom stereocenters. The fourth-order valence-electron chi connectivity index (χ4n) is 2.06. The predicted molar refractivity (Wildman–Crippen MR) is 78.6 cm³/mol. The van der Waals surface area contributed by atoms with Gasteiger partial charge in [0.2, 0.25) is 10.0 Å². The Bertz CT molecular complexity index is 588. The Hall–Kier alpha value is -0.690. The van der Waals surface area contributed by atoms with E-state index < -0.39 is 26.3 Å². The van der Waals surface area contributed by atoms with E-state index in [-0.39, 0.29) is 17.1 Å². The Labute approximate surface area is 124 Å². The second-order valence-corrected chi connectivity index (χ2v) is 7.41. The quantitative estimate of drug-likeness (QED) is 0.846. The number of benzene rings is 1. The van der Waals surface area contributed by atoms with Crippen LogP contribution in [0.2, 0.25) is 5.02 Å². The highest BCUT2D eigenvalue weighted by molar-refractivity contribution is 7.89. The molecule has 7 heteroatoms. The van der Waals surface area contributed by atoms with E-state index in [1.165, 1.54) is 6.07 Å². The van der Waals surface area contributed by atoms with Crippen molar-refractivity contribution in [1.29, 1.82) is 0 Å². The molecule has 0 bridgehead atoms. The molecule has 0 aliphatic heterocycles. The molecule has 0 unspecified atom stereocenters. The van der Waals surface area contributed by atoms with Crippen LogP contribution in [0.4, 0.5) is 4.39 Å². The molecule has 114 valence electrons. The third-order valence-electron chi connectivity index (χ3n) is 2.87. The van der Waals surface area contributed by atoms with Gasteiger partial charge in [0.15, 0.2) is 0 Å². The minimum Gasteiger partial charge on any atom is -0.326 e. The molecule has 4 nitrogen and oxygen atoms in total. The van der Waals surface area contributed by atoms with Crippen molar-refractivity contribution in [3.05, 3.63) is 28.5 Å². The number of rotatable bonds is 6. The number of nitrogens with two attached hydrogens (primary N) is 1. The van der Waals surface area contributed by atoms with Gasteiger partial charge in [-0.1, -0.05) is 24.9 Å². The van der Waals surface area contributed by atoms with Crippen molar-refractivity contribution < 1.29 is 12.8 Å². The first-order valence-electron chi connectivity index (χ1n) is 6.35. The Morgan fingerprint density at radius 3 is 2.50 bits per heavy atom. The molecule has 0 aromatic heterocycles. The zero-order valence-electron chi connectivity index (χ0n) is 11.8. The van der Waals surface area contributed by atoms with Crippen LogP contribution < -0.4 is 10.5 Å². The van der Waals surface area contributed by atoms with Crippen molar-refractivity contribution >= 4 is 21.6 Å². The second-order valence-electron chi connectivity index (χ2n) is 5.32. The van der Waals surface area contributed by atoms with Crippen molar-refractivity contribution in [2.75, 3.05) is 0 Å². The van der Waals surface area contributed by atoms with Crippen LogP contribution in [-0.2, 0) is 16.6 Å². The van der Waals surface area contributed by atoms with Gasteiger partial charge < -0.3 is 5.73 Å². The van der Waals surface area contributed by atoms with Crippen LogP contribution in [0.15, 0.2) is 17.0 Å². The van der Waals surface area contributed by atoms with Crippen molar-refractivity contribution in [1.82, 2.24) is 4.72 Å². The van der Waals surface area contributed by atoms with Crippen LogP contribution in [-0.4, -0.2) is 14.0 Å². The van der Waals surface area contributed by atoms with Crippen molar-refractivity contribution in [3.63, 3.8) is 0 Å². The summed E-state index contributed by atoms with van der Waals surface area (Å²) in [5.74, 6) is -0.850. The Balaban J connectivity index is 3.26. The zero-order chi connectivity index (χ0) is 15.6. The molecule has 0 radical (unpaired) electrons. The van der Waals surface area contributed by atoms with E-state index in [2.05, 4.69) is 4.72 Å². The van der Waals surface area contributed by atoms with Gasteiger partial charge >= 0.3 is 0 Å². The van der Waals surface area contributed by atoms with Crippen LogP contribution in [0, 0.1) is 5.82 Å². The summed E-state index contributed by atoms with van der Waals surface area (Å²) in [7, 11) is -3.99. The van der Waals surface area contributed by atoms with E-state index in [1.54, 1.807) is 13.8 Å². The van der Waals surface area contributed by atoms with Gasteiger partial charge in [-0.05, 0) is 32.4 Å². The molecule has 0 saturated heterocycles. The highest BCUT2D eigenvalue weighted by Crippen LogP contribution is 2.25. The minimum absolute atomic E-state index is 0.0752. The van der Waals surface area contributed by atoms with Gasteiger partial charge in [0.25, 0.3) is 0 Å². The van der Waals surface area contributed by atoms with Gasteiger partial charge in [-0.3, -0.25) is 0 Å². The van der Waals surface area contributed by atoms with Crippen LogP contribution in [0.1, 0.15) is 39.2 Å². The lowest BCUT2D eigenvalue weighted by molar-refractivity contribution is 0.416. The van der Waals surface area contributed by atoms with E-state index in [0.29, 0.717) is 6.42 Å². The molecule has 3 N–H and O–H groups in total. The first-order chi connectivity index (χ1) is 9.13. The lowest BCUT2D eigenvalue weighted by Gasteiger charge is -2.25.